The first-order chi connectivity index (χ1) is 4.77. The van der Waals surface area contributed by atoms with Crippen molar-refractivity contribution in [1.82, 2.24) is 5.32 Å². The lowest BCUT2D eigenvalue weighted by Crippen LogP contribution is -2.16. The minimum Gasteiger partial charge on any atom is -0.311 e. The Balaban J connectivity index is 3.10. The minimum atomic E-state index is -0.367. The average molecular weight is 145 g/mol. The molecule has 1 N–H and O–H groups in total. The number of nitrogens with one attached hydrogen (secondary N) is 1. The van der Waals surface area contributed by atoms with Crippen LogP contribution in [0.3, 0.4) is 0 Å². The normalized spacial score (nSPS) is 10.6. The minimum absolute atomic E-state index is 0.0158. The number of ketones is 1. The lowest BCUT2D eigenvalue weighted by atomic mass is 10.4. The Labute approximate surface area is 60.1 Å². The van der Waals surface area contributed by atoms with Crippen LogP contribution in [0.25, 0.3) is 0 Å². The van der Waals surface area contributed by atoms with Crippen molar-refractivity contribution >= 4 is 5.78 Å². The van der Waals surface area contributed by atoms with Gasteiger partial charge in [0.2, 0.25) is 0 Å². The summed E-state index contributed by atoms with van der Waals surface area (Å²) in [5.41, 5.74) is 0. The Kier molecular flexibility index (Phi) is 5.97. The van der Waals surface area contributed by atoms with E-state index in [1.807, 2.05) is 0 Å². The molecule has 0 aromatic rings. The first-order valence-corrected chi connectivity index (χ1v) is 3.21. The largest absolute Gasteiger partial charge is 0.311 e. The van der Waals surface area contributed by atoms with Crippen molar-refractivity contribution in [2.24, 2.45) is 0 Å². The highest BCUT2D eigenvalue weighted by atomic mass is 19.1. The van der Waals surface area contributed by atoms with Crippen molar-refractivity contribution in [3.05, 3.63) is 12.2 Å². The fourth-order valence-corrected chi connectivity index (χ4v) is 0.477. The summed E-state index contributed by atoms with van der Waals surface area (Å²) in [7, 11) is 0. The Morgan fingerprint density at radius 3 is 2.90 bits per heavy atom. The van der Waals surface area contributed by atoms with Crippen LogP contribution in [0.15, 0.2) is 12.2 Å². The molecular weight excluding hydrogens is 133 g/mol. The van der Waals surface area contributed by atoms with Gasteiger partial charge in [0.1, 0.15) is 6.67 Å². The molecule has 0 rings (SSSR count). The van der Waals surface area contributed by atoms with Crippen LogP contribution in [-0.2, 0) is 4.79 Å². The SMILES string of the molecule is CC(=O)/C=C/CNCCF. The third-order valence-corrected chi connectivity index (χ3v) is 0.886. The van der Waals surface area contributed by atoms with E-state index in [4.69, 9.17) is 0 Å². The van der Waals surface area contributed by atoms with E-state index in [0.717, 1.165) is 0 Å². The first kappa shape index (κ1) is 9.30. The molecular formula is C7H12FNO. The van der Waals surface area contributed by atoms with E-state index < -0.39 is 0 Å². The van der Waals surface area contributed by atoms with Gasteiger partial charge < -0.3 is 5.32 Å². The quantitative estimate of drug-likeness (QED) is 0.455. The number of allylic oxidation sites excluding steroid dienone is 1. The van der Waals surface area contributed by atoms with Crippen LogP contribution >= 0.6 is 0 Å². The summed E-state index contributed by atoms with van der Waals surface area (Å²) in [4.78, 5) is 10.3. The van der Waals surface area contributed by atoms with E-state index in [0.29, 0.717) is 13.1 Å². The zero-order valence-corrected chi connectivity index (χ0v) is 6.06. The topological polar surface area (TPSA) is 29.1 Å². The van der Waals surface area contributed by atoms with Crippen molar-refractivity contribution in [1.29, 1.82) is 0 Å². The Morgan fingerprint density at radius 2 is 2.40 bits per heavy atom. The van der Waals surface area contributed by atoms with E-state index in [9.17, 15) is 9.18 Å². The molecule has 0 aliphatic heterocycles. The number of alkyl halides is 1. The number of rotatable bonds is 5. The highest BCUT2D eigenvalue weighted by molar-refractivity contribution is 5.87. The lowest BCUT2D eigenvalue weighted by Gasteiger charge is -1.92. The predicted octanol–water partition coefficient (Wildman–Crippen LogP) is 0.691. The maximum absolute atomic E-state index is 11.4. The van der Waals surface area contributed by atoms with Gasteiger partial charge in [-0.25, -0.2) is 4.39 Å². The first-order valence-electron chi connectivity index (χ1n) is 3.21. The molecule has 0 aliphatic rings. The number of hydrogen-bond donors (Lipinski definition) is 1. The lowest BCUT2D eigenvalue weighted by molar-refractivity contribution is -0.112. The summed E-state index contributed by atoms with van der Waals surface area (Å²) in [5.74, 6) is 0.0158. The third kappa shape index (κ3) is 7.30. The molecule has 0 fully saturated rings. The van der Waals surface area contributed by atoms with Gasteiger partial charge in [-0.2, -0.15) is 0 Å². The summed E-state index contributed by atoms with van der Waals surface area (Å²) >= 11 is 0. The molecule has 3 heteroatoms. The van der Waals surface area contributed by atoms with E-state index >= 15 is 0 Å². The summed E-state index contributed by atoms with van der Waals surface area (Å²) in [6, 6.07) is 0. The molecule has 10 heavy (non-hydrogen) atoms. The van der Waals surface area contributed by atoms with Gasteiger partial charge in [0, 0.05) is 13.1 Å². The standard InChI is InChI=1S/C7H12FNO/c1-7(10)3-2-5-9-6-4-8/h2-3,9H,4-6H2,1H3/b3-2+. The van der Waals surface area contributed by atoms with Gasteiger partial charge in [0.25, 0.3) is 0 Å². The van der Waals surface area contributed by atoms with Gasteiger partial charge >= 0.3 is 0 Å². The summed E-state index contributed by atoms with van der Waals surface area (Å²) in [6.45, 7) is 2.02. The van der Waals surface area contributed by atoms with Crippen molar-refractivity contribution in [2.75, 3.05) is 19.8 Å². The molecule has 0 amide bonds. The maximum Gasteiger partial charge on any atom is 0.152 e. The predicted molar refractivity (Wildman–Crippen MR) is 38.7 cm³/mol. The maximum atomic E-state index is 11.4. The van der Waals surface area contributed by atoms with Crippen LogP contribution in [0.4, 0.5) is 4.39 Å². The second-order valence-electron chi connectivity index (χ2n) is 1.91. The summed E-state index contributed by atoms with van der Waals surface area (Å²) in [6.07, 6.45) is 3.14. The third-order valence-electron chi connectivity index (χ3n) is 0.886. The Bertz CT molecular complexity index is 123. The van der Waals surface area contributed by atoms with Gasteiger partial charge in [0.15, 0.2) is 5.78 Å². The van der Waals surface area contributed by atoms with Crippen molar-refractivity contribution in [3.8, 4) is 0 Å². The molecule has 0 saturated heterocycles. The van der Waals surface area contributed by atoms with E-state index in [1.165, 1.54) is 13.0 Å². The molecule has 0 atom stereocenters. The zero-order valence-electron chi connectivity index (χ0n) is 6.06. The number of carbonyl (C=O) groups excluding carboxylic acids is 1. The van der Waals surface area contributed by atoms with E-state index in [-0.39, 0.29) is 12.5 Å². The number of halogens is 1. The van der Waals surface area contributed by atoms with E-state index in [2.05, 4.69) is 5.32 Å². The molecule has 0 heterocycles. The number of carbonyl (C=O) groups is 1. The van der Waals surface area contributed by atoms with Crippen LogP contribution in [0.1, 0.15) is 6.92 Å². The summed E-state index contributed by atoms with van der Waals surface area (Å²) < 4.78 is 11.4. The van der Waals surface area contributed by atoms with Crippen LogP contribution in [0.2, 0.25) is 0 Å². The molecule has 0 spiro atoms. The smallest absolute Gasteiger partial charge is 0.152 e. The fourth-order valence-electron chi connectivity index (χ4n) is 0.477. The Morgan fingerprint density at radius 1 is 1.70 bits per heavy atom. The average Bonchev–Trinajstić information content (AvgIpc) is 1.87. The van der Waals surface area contributed by atoms with Gasteiger partial charge in [0.05, 0.1) is 0 Å². The molecule has 0 saturated carbocycles. The van der Waals surface area contributed by atoms with Crippen molar-refractivity contribution in [2.45, 2.75) is 6.92 Å². The molecule has 58 valence electrons. The molecule has 0 aromatic heterocycles. The Hall–Kier alpha value is -0.700. The highest BCUT2D eigenvalue weighted by Gasteiger charge is 1.82. The molecule has 0 aromatic carbocycles. The van der Waals surface area contributed by atoms with Gasteiger partial charge in [-0.05, 0) is 13.0 Å². The van der Waals surface area contributed by atoms with Crippen LogP contribution in [0.5, 0.6) is 0 Å². The van der Waals surface area contributed by atoms with Crippen LogP contribution in [0, 0.1) is 0 Å². The molecule has 0 unspecified atom stereocenters. The number of hydrogen-bond acceptors (Lipinski definition) is 2. The van der Waals surface area contributed by atoms with Gasteiger partial charge in [-0.15, -0.1) is 0 Å². The monoisotopic (exact) mass is 145 g/mol. The van der Waals surface area contributed by atoms with Crippen LogP contribution in [-0.4, -0.2) is 25.5 Å². The fraction of sp³-hybridized carbons (Fsp3) is 0.571. The molecule has 2 nitrogen and oxygen atoms in total. The van der Waals surface area contributed by atoms with Crippen molar-refractivity contribution < 1.29 is 9.18 Å². The second kappa shape index (κ2) is 6.42. The second-order valence-corrected chi connectivity index (χ2v) is 1.91. The molecule has 0 bridgehead atoms. The van der Waals surface area contributed by atoms with Crippen LogP contribution < -0.4 is 5.32 Å². The van der Waals surface area contributed by atoms with Gasteiger partial charge in [-0.3, -0.25) is 4.79 Å². The molecule has 0 radical (unpaired) electrons. The highest BCUT2D eigenvalue weighted by Crippen LogP contribution is 1.73. The zero-order chi connectivity index (χ0) is 7.82. The van der Waals surface area contributed by atoms with Crippen molar-refractivity contribution in [3.63, 3.8) is 0 Å². The summed E-state index contributed by atoms with van der Waals surface area (Å²) in [5, 5.41) is 2.78. The van der Waals surface area contributed by atoms with E-state index in [1.54, 1.807) is 6.08 Å². The van der Waals surface area contributed by atoms with Gasteiger partial charge in [-0.1, -0.05) is 6.08 Å². The molecule has 0 aliphatic carbocycles.